The van der Waals surface area contributed by atoms with Crippen molar-refractivity contribution in [1.82, 2.24) is 5.32 Å². The van der Waals surface area contributed by atoms with E-state index in [1.54, 1.807) is 11.3 Å². The van der Waals surface area contributed by atoms with E-state index >= 15 is 0 Å². The number of hydrogen-bond donors (Lipinski definition) is 2. The van der Waals surface area contributed by atoms with E-state index in [2.05, 4.69) is 24.5 Å². The highest BCUT2D eigenvalue weighted by molar-refractivity contribution is 7.08. The van der Waals surface area contributed by atoms with Crippen LogP contribution in [-0.2, 0) is 4.79 Å². The third kappa shape index (κ3) is 3.89. The first-order chi connectivity index (χ1) is 6.72. The van der Waals surface area contributed by atoms with Crippen LogP contribution in [0.15, 0.2) is 16.8 Å². The molecule has 1 amide bonds. The second-order valence-corrected chi connectivity index (χ2v) is 4.03. The van der Waals surface area contributed by atoms with Gasteiger partial charge >= 0.3 is 0 Å². The van der Waals surface area contributed by atoms with Crippen LogP contribution >= 0.6 is 11.3 Å². The summed E-state index contributed by atoms with van der Waals surface area (Å²) < 4.78 is 0. The summed E-state index contributed by atoms with van der Waals surface area (Å²) in [6, 6.07) is 2.29. The van der Waals surface area contributed by atoms with E-state index in [9.17, 15) is 4.79 Å². The predicted molar refractivity (Wildman–Crippen MR) is 60.7 cm³/mol. The molecule has 0 saturated heterocycles. The fourth-order valence-corrected chi connectivity index (χ4v) is 1.54. The lowest BCUT2D eigenvalue weighted by Gasteiger charge is -2.10. The zero-order valence-corrected chi connectivity index (χ0v) is 9.36. The average Bonchev–Trinajstić information content (AvgIpc) is 2.66. The molecule has 0 bridgehead atoms. The Morgan fingerprint density at radius 1 is 1.64 bits per heavy atom. The van der Waals surface area contributed by atoms with Crippen molar-refractivity contribution in [3.8, 4) is 0 Å². The molecular weight excluding hydrogens is 196 g/mol. The van der Waals surface area contributed by atoms with E-state index in [1.165, 1.54) is 0 Å². The van der Waals surface area contributed by atoms with Crippen molar-refractivity contribution in [3.63, 3.8) is 0 Å². The first-order valence-electron chi connectivity index (χ1n) is 4.77. The summed E-state index contributed by atoms with van der Waals surface area (Å²) in [5.74, 6) is 0.0173. The maximum absolute atomic E-state index is 11.4. The van der Waals surface area contributed by atoms with Gasteiger partial charge in [0.2, 0.25) is 5.91 Å². The van der Waals surface area contributed by atoms with Gasteiger partial charge in [-0.25, -0.2) is 0 Å². The third-order valence-corrected chi connectivity index (χ3v) is 2.71. The van der Waals surface area contributed by atoms with E-state index < -0.39 is 0 Å². The van der Waals surface area contributed by atoms with Crippen molar-refractivity contribution in [2.45, 2.75) is 26.3 Å². The molecule has 0 aromatic carbocycles. The highest BCUT2D eigenvalue weighted by Crippen LogP contribution is 2.11. The van der Waals surface area contributed by atoms with E-state index in [1.807, 2.05) is 16.8 Å². The average molecular weight is 212 g/mol. The molecule has 0 aliphatic heterocycles. The van der Waals surface area contributed by atoms with Crippen LogP contribution in [0.1, 0.15) is 20.3 Å². The Hall–Kier alpha value is -0.870. The second-order valence-electron chi connectivity index (χ2n) is 3.25. The van der Waals surface area contributed by atoms with Crippen molar-refractivity contribution in [2.24, 2.45) is 0 Å². The molecule has 1 unspecified atom stereocenters. The van der Waals surface area contributed by atoms with Crippen LogP contribution in [0.3, 0.4) is 0 Å². The molecule has 1 aromatic rings. The largest absolute Gasteiger partial charge is 0.324 e. The van der Waals surface area contributed by atoms with Crippen LogP contribution < -0.4 is 10.6 Å². The standard InChI is InChI=1S/C10H16N2OS/c1-3-8(2)11-6-10(13)12-9-4-5-14-7-9/h4-5,7-8,11H,3,6H2,1-2H3,(H,12,13). The smallest absolute Gasteiger partial charge is 0.238 e. The number of rotatable bonds is 5. The molecule has 78 valence electrons. The van der Waals surface area contributed by atoms with Gasteiger partial charge < -0.3 is 10.6 Å². The van der Waals surface area contributed by atoms with Gasteiger partial charge in [-0.05, 0) is 24.8 Å². The summed E-state index contributed by atoms with van der Waals surface area (Å²) in [5.41, 5.74) is 0.881. The minimum atomic E-state index is 0.0173. The molecule has 4 heteroatoms. The van der Waals surface area contributed by atoms with Crippen molar-refractivity contribution >= 4 is 22.9 Å². The summed E-state index contributed by atoms with van der Waals surface area (Å²) in [5, 5.41) is 9.81. The Morgan fingerprint density at radius 2 is 2.43 bits per heavy atom. The van der Waals surface area contributed by atoms with Gasteiger partial charge in [0.25, 0.3) is 0 Å². The number of anilines is 1. The number of thiophene rings is 1. The Labute approximate surface area is 88.5 Å². The van der Waals surface area contributed by atoms with Crippen molar-refractivity contribution < 1.29 is 4.79 Å². The van der Waals surface area contributed by atoms with Crippen LogP contribution in [0.4, 0.5) is 5.69 Å². The quantitative estimate of drug-likeness (QED) is 0.784. The highest BCUT2D eigenvalue weighted by Gasteiger charge is 2.03. The Bertz CT molecular complexity index is 272. The fraction of sp³-hybridized carbons (Fsp3) is 0.500. The first-order valence-corrected chi connectivity index (χ1v) is 5.72. The third-order valence-electron chi connectivity index (χ3n) is 2.03. The number of nitrogens with one attached hydrogen (secondary N) is 2. The highest BCUT2D eigenvalue weighted by atomic mass is 32.1. The number of amides is 1. The second kappa shape index (κ2) is 5.78. The number of hydrogen-bond acceptors (Lipinski definition) is 3. The first kappa shape index (κ1) is 11.2. The van der Waals surface area contributed by atoms with Gasteiger partial charge in [-0.1, -0.05) is 6.92 Å². The Morgan fingerprint density at radius 3 is 3.00 bits per heavy atom. The van der Waals surface area contributed by atoms with Crippen LogP contribution in [-0.4, -0.2) is 18.5 Å². The van der Waals surface area contributed by atoms with Crippen LogP contribution in [0.2, 0.25) is 0 Å². The van der Waals surface area contributed by atoms with Crippen molar-refractivity contribution in [3.05, 3.63) is 16.8 Å². The molecule has 1 rings (SSSR count). The summed E-state index contributed by atoms with van der Waals surface area (Å²) in [6.45, 7) is 4.54. The SMILES string of the molecule is CCC(C)NCC(=O)Nc1ccsc1. The molecular formula is C10H16N2OS. The zero-order chi connectivity index (χ0) is 10.4. The van der Waals surface area contributed by atoms with Gasteiger partial charge in [0.05, 0.1) is 12.2 Å². The lowest BCUT2D eigenvalue weighted by atomic mass is 10.2. The topological polar surface area (TPSA) is 41.1 Å². The van der Waals surface area contributed by atoms with Gasteiger partial charge in [0.1, 0.15) is 0 Å². The molecule has 2 N–H and O–H groups in total. The molecule has 0 aliphatic rings. The minimum absolute atomic E-state index is 0.0173. The molecule has 1 heterocycles. The number of carbonyl (C=O) groups is 1. The number of carbonyl (C=O) groups excluding carboxylic acids is 1. The molecule has 0 aliphatic carbocycles. The monoisotopic (exact) mass is 212 g/mol. The maximum Gasteiger partial charge on any atom is 0.238 e. The van der Waals surface area contributed by atoms with E-state index in [0.29, 0.717) is 12.6 Å². The maximum atomic E-state index is 11.4. The van der Waals surface area contributed by atoms with Crippen molar-refractivity contribution in [2.75, 3.05) is 11.9 Å². The Balaban J connectivity index is 2.23. The fourth-order valence-electron chi connectivity index (χ4n) is 0.952. The van der Waals surface area contributed by atoms with E-state index in [-0.39, 0.29) is 5.91 Å². The van der Waals surface area contributed by atoms with E-state index in [4.69, 9.17) is 0 Å². The minimum Gasteiger partial charge on any atom is -0.324 e. The molecule has 0 spiro atoms. The predicted octanol–water partition coefficient (Wildman–Crippen LogP) is 2.07. The molecule has 1 aromatic heterocycles. The molecule has 0 radical (unpaired) electrons. The molecule has 14 heavy (non-hydrogen) atoms. The van der Waals surface area contributed by atoms with Gasteiger partial charge in [-0.3, -0.25) is 4.79 Å². The summed E-state index contributed by atoms with van der Waals surface area (Å²) in [4.78, 5) is 11.4. The van der Waals surface area contributed by atoms with Crippen molar-refractivity contribution in [1.29, 1.82) is 0 Å². The Kier molecular flexibility index (Phi) is 4.62. The van der Waals surface area contributed by atoms with Crippen LogP contribution in [0, 0.1) is 0 Å². The van der Waals surface area contributed by atoms with Crippen LogP contribution in [0.25, 0.3) is 0 Å². The van der Waals surface area contributed by atoms with Gasteiger partial charge in [0.15, 0.2) is 0 Å². The summed E-state index contributed by atoms with van der Waals surface area (Å²) >= 11 is 1.58. The molecule has 0 saturated carbocycles. The zero-order valence-electron chi connectivity index (χ0n) is 8.54. The lowest BCUT2D eigenvalue weighted by molar-refractivity contribution is -0.115. The lowest BCUT2D eigenvalue weighted by Crippen LogP contribution is -2.33. The summed E-state index contributed by atoms with van der Waals surface area (Å²) in [7, 11) is 0. The van der Waals surface area contributed by atoms with Gasteiger partial charge in [-0.2, -0.15) is 11.3 Å². The van der Waals surface area contributed by atoms with Crippen LogP contribution in [0.5, 0.6) is 0 Å². The molecule has 3 nitrogen and oxygen atoms in total. The summed E-state index contributed by atoms with van der Waals surface area (Å²) in [6.07, 6.45) is 1.03. The van der Waals surface area contributed by atoms with Gasteiger partial charge in [-0.15, -0.1) is 0 Å². The molecule has 0 fully saturated rings. The van der Waals surface area contributed by atoms with E-state index in [0.717, 1.165) is 12.1 Å². The normalized spacial score (nSPS) is 12.4. The van der Waals surface area contributed by atoms with Gasteiger partial charge in [0, 0.05) is 11.4 Å². The molecule has 1 atom stereocenters.